The fraction of sp³-hybridized carbons (Fsp3) is 0.474. The zero-order valence-electron chi connectivity index (χ0n) is 12.4. The molecule has 1 aromatic carbocycles. The smallest absolute Gasteiger partial charge is 0.00576 e. The summed E-state index contributed by atoms with van der Waals surface area (Å²) < 4.78 is 0. The van der Waals surface area contributed by atoms with E-state index in [2.05, 4.69) is 44.7 Å². The average molecular weight is 254 g/mol. The molecule has 2 rings (SSSR count). The summed E-state index contributed by atoms with van der Waals surface area (Å²) in [5.41, 5.74) is 6.22. The van der Waals surface area contributed by atoms with Crippen LogP contribution in [-0.4, -0.2) is 0 Å². The summed E-state index contributed by atoms with van der Waals surface area (Å²) in [5, 5.41) is 0. The summed E-state index contributed by atoms with van der Waals surface area (Å²) in [5.74, 6) is 0.761. The molecule has 0 atom stereocenters. The zero-order chi connectivity index (χ0) is 13.7. The molecule has 0 bridgehead atoms. The molecule has 1 aliphatic rings. The molecular weight excluding hydrogens is 228 g/mol. The van der Waals surface area contributed by atoms with Gasteiger partial charge in [0.05, 0.1) is 0 Å². The number of unbranched alkanes of at least 4 members (excludes halogenated alkanes) is 2. The molecule has 0 heteroatoms. The van der Waals surface area contributed by atoms with Crippen LogP contribution in [0.15, 0.2) is 36.4 Å². The normalized spacial score (nSPS) is 13.5. The maximum atomic E-state index is 3.79. The van der Waals surface area contributed by atoms with Crippen molar-refractivity contribution in [3.63, 3.8) is 0 Å². The van der Waals surface area contributed by atoms with E-state index in [1.807, 2.05) is 6.08 Å². The van der Waals surface area contributed by atoms with Crippen LogP contribution in [0, 0.1) is 5.92 Å². The minimum atomic E-state index is 0.761. The number of rotatable bonds is 7. The van der Waals surface area contributed by atoms with Crippen molar-refractivity contribution >= 4 is 6.08 Å². The van der Waals surface area contributed by atoms with Gasteiger partial charge in [0.25, 0.3) is 0 Å². The molecule has 0 saturated carbocycles. The summed E-state index contributed by atoms with van der Waals surface area (Å²) >= 11 is 0. The number of benzene rings is 1. The van der Waals surface area contributed by atoms with Crippen molar-refractivity contribution in [2.24, 2.45) is 5.92 Å². The molecule has 0 fully saturated rings. The SMILES string of the molecule is C=CCCCCc1cccc2c1C=C(CC(C)C)C2. The van der Waals surface area contributed by atoms with Crippen LogP contribution in [-0.2, 0) is 12.8 Å². The topological polar surface area (TPSA) is 0 Å². The first-order valence-electron chi connectivity index (χ1n) is 7.62. The Morgan fingerprint density at radius 2 is 2.11 bits per heavy atom. The highest BCUT2D eigenvalue weighted by molar-refractivity contribution is 5.66. The second-order valence-corrected chi connectivity index (χ2v) is 6.10. The van der Waals surface area contributed by atoms with Crippen molar-refractivity contribution in [2.45, 2.75) is 52.4 Å². The van der Waals surface area contributed by atoms with Gasteiger partial charge in [0.15, 0.2) is 0 Å². The Morgan fingerprint density at radius 3 is 2.84 bits per heavy atom. The fourth-order valence-electron chi connectivity index (χ4n) is 2.98. The monoisotopic (exact) mass is 254 g/mol. The van der Waals surface area contributed by atoms with Crippen LogP contribution in [0.5, 0.6) is 0 Å². The molecular formula is C19H26. The molecule has 0 saturated heterocycles. The van der Waals surface area contributed by atoms with Crippen LogP contribution >= 0.6 is 0 Å². The second kappa shape index (κ2) is 6.75. The van der Waals surface area contributed by atoms with Crippen molar-refractivity contribution in [3.8, 4) is 0 Å². The van der Waals surface area contributed by atoms with Gasteiger partial charge in [-0.1, -0.05) is 49.8 Å². The molecule has 1 aliphatic carbocycles. The molecule has 102 valence electrons. The van der Waals surface area contributed by atoms with Gasteiger partial charge in [0, 0.05) is 0 Å². The molecule has 0 spiro atoms. The van der Waals surface area contributed by atoms with Crippen LogP contribution < -0.4 is 0 Å². The highest BCUT2D eigenvalue weighted by Crippen LogP contribution is 2.31. The van der Waals surface area contributed by atoms with Crippen molar-refractivity contribution in [2.75, 3.05) is 0 Å². The number of aryl methyl sites for hydroxylation is 1. The van der Waals surface area contributed by atoms with Crippen molar-refractivity contribution in [3.05, 3.63) is 53.1 Å². The molecule has 0 aliphatic heterocycles. The third kappa shape index (κ3) is 3.83. The van der Waals surface area contributed by atoms with Crippen molar-refractivity contribution in [1.29, 1.82) is 0 Å². The lowest BCUT2D eigenvalue weighted by Crippen LogP contribution is -1.93. The van der Waals surface area contributed by atoms with E-state index < -0.39 is 0 Å². The van der Waals surface area contributed by atoms with Crippen LogP contribution in [0.3, 0.4) is 0 Å². The molecule has 0 aromatic heterocycles. The number of allylic oxidation sites excluding steroid dienone is 2. The predicted molar refractivity (Wildman–Crippen MR) is 85.3 cm³/mol. The summed E-state index contributed by atoms with van der Waals surface area (Å²) in [7, 11) is 0. The number of hydrogen-bond acceptors (Lipinski definition) is 0. The summed E-state index contributed by atoms with van der Waals surface area (Å²) in [4.78, 5) is 0. The second-order valence-electron chi connectivity index (χ2n) is 6.10. The first-order chi connectivity index (χ1) is 9.20. The van der Waals surface area contributed by atoms with Gasteiger partial charge >= 0.3 is 0 Å². The van der Waals surface area contributed by atoms with Crippen molar-refractivity contribution in [1.82, 2.24) is 0 Å². The van der Waals surface area contributed by atoms with E-state index in [0.717, 1.165) is 12.3 Å². The molecule has 0 nitrogen and oxygen atoms in total. The minimum absolute atomic E-state index is 0.761. The molecule has 0 heterocycles. The largest absolute Gasteiger partial charge is 0.103 e. The molecule has 19 heavy (non-hydrogen) atoms. The average Bonchev–Trinajstić information content (AvgIpc) is 2.76. The Bertz CT molecular complexity index is 463. The Labute approximate surface area is 118 Å². The third-order valence-corrected chi connectivity index (χ3v) is 3.83. The van der Waals surface area contributed by atoms with Crippen LogP contribution in [0.2, 0.25) is 0 Å². The molecule has 0 unspecified atom stereocenters. The van der Waals surface area contributed by atoms with Gasteiger partial charge in [-0.15, -0.1) is 6.58 Å². The quantitative estimate of drug-likeness (QED) is 0.440. The maximum Gasteiger partial charge on any atom is -0.00576 e. The van der Waals surface area contributed by atoms with Crippen LogP contribution in [0.1, 0.15) is 56.2 Å². The number of hydrogen-bond donors (Lipinski definition) is 0. The standard InChI is InChI=1S/C19H26/c1-4-5-6-7-9-17-10-8-11-18-13-16(12-15(2)3)14-19(17)18/h4,8,10-11,14-15H,1,5-7,9,12-13H2,2-3H3. The van der Waals surface area contributed by atoms with Gasteiger partial charge in [0.2, 0.25) is 0 Å². The Balaban J connectivity index is 2.04. The molecule has 0 N–H and O–H groups in total. The van der Waals surface area contributed by atoms with Gasteiger partial charge in [-0.25, -0.2) is 0 Å². The summed E-state index contributed by atoms with van der Waals surface area (Å²) in [6.45, 7) is 8.40. The fourth-order valence-corrected chi connectivity index (χ4v) is 2.98. The minimum Gasteiger partial charge on any atom is -0.103 e. The van der Waals surface area contributed by atoms with E-state index in [9.17, 15) is 0 Å². The van der Waals surface area contributed by atoms with E-state index in [4.69, 9.17) is 0 Å². The maximum absolute atomic E-state index is 3.79. The predicted octanol–water partition coefficient (Wildman–Crippen LogP) is 5.57. The van der Waals surface area contributed by atoms with Gasteiger partial charge in [-0.05, 0) is 61.1 Å². The first kappa shape index (κ1) is 14.1. The van der Waals surface area contributed by atoms with Gasteiger partial charge in [-0.2, -0.15) is 0 Å². The summed E-state index contributed by atoms with van der Waals surface area (Å²) in [6, 6.07) is 6.84. The Kier molecular flexibility index (Phi) is 5.01. The van der Waals surface area contributed by atoms with Crippen LogP contribution in [0.4, 0.5) is 0 Å². The first-order valence-corrected chi connectivity index (χ1v) is 7.62. The van der Waals surface area contributed by atoms with Gasteiger partial charge in [0.1, 0.15) is 0 Å². The highest BCUT2D eigenvalue weighted by Gasteiger charge is 2.15. The van der Waals surface area contributed by atoms with E-state index in [-0.39, 0.29) is 0 Å². The molecule has 0 amide bonds. The van der Waals surface area contributed by atoms with Crippen molar-refractivity contribution < 1.29 is 0 Å². The van der Waals surface area contributed by atoms with Gasteiger partial charge in [-0.3, -0.25) is 0 Å². The molecule has 1 aromatic rings. The van der Waals surface area contributed by atoms with E-state index >= 15 is 0 Å². The number of fused-ring (bicyclic) bond motifs is 1. The Morgan fingerprint density at radius 1 is 1.26 bits per heavy atom. The third-order valence-electron chi connectivity index (χ3n) is 3.83. The van der Waals surface area contributed by atoms with E-state index in [1.165, 1.54) is 43.2 Å². The molecule has 0 radical (unpaired) electrons. The van der Waals surface area contributed by atoms with E-state index in [1.54, 1.807) is 11.1 Å². The van der Waals surface area contributed by atoms with Gasteiger partial charge < -0.3 is 0 Å². The zero-order valence-corrected chi connectivity index (χ0v) is 12.4. The lowest BCUT2D eigenvalue weighted by atomic mass is 9.98. The Hall–Kier alpha value is -1.30. The summed E-state index contributed by atoms with van der Waals surface area (Å²) in [6.07, 6.45) is 11.8. The lowest BCUT2D eigenvalue weighted by Gasteiger charge is -2.07. The lowest BCUT2D eigenvalue weighted by molar-refractivity contribution is 0.638. The van der Waals surface area contributed by atoms with Crippen LogP contribution in [0.25, 0.3) is 6.08 Å². The van der Waals surface area contributed by atoms with E-state index in [0.29, 0.717) is 0 Å². The highest BCUT2D eigenvalue weighted by atomic mass is 14.2.